The molecule has 2 heterocycles. The normalized spacial score (nSPS) is 14.0. The van der Waals surface area contributed by atoms with Crippen LogP contribution in [0.2, 0.25) is 0 Å². The van der Waals surface area contributed by atoms with E-state index >= 15 is 0 Å². The number of aliphatic hydroxyl groups excluding tert-OH is 2. The monoisotopic (exact) mass is 384 g/mol. The van der Waals surface area contributed by atoms with Gasteiger partial charge < -0.3 is 15.5 Å². The van der Waals surface area contributed by atoms with Gasteiger partial charge in [0.05, 0.1) is 24.9 Å². The molecule has 0 saturated heterocycles. The van der Waals surface area contributed by atoms with E-state index in [0.717, 1.165) is 12.8 Å². The first-order valence-corrected chi connectivity index (χ1v) is 9.25. The maximum atomic E-state index is 14.5. The second-order valence-corrected chi connectivity index (χ2v) is 7.04. The van der Waals surface area contributed by atoms with E-state index in [2.05, 4.69) is 15.3 Å². The lowest BCUT2D eigenvalue weighted by Crippen LogP contribution is -2.29. The van der Waals surface area contributed by atoms with E-state index in [0.29, 0.717) is 34.8 Å². The molecule has 1 fully saturated rings. The van der Waals surface area contributed by atoms with Crippen molar-refractivity contribution in [3.05, 3.63) is 52.6 Å². The van der Waals surface area contributed by atoms with Gasteiger partial charge in [0, 0.05) is 23.6 Å². The van der Waals surface area contributed by atoms with Crippen LogP contribution < -0.4 is 10.9 Å². The first-order valence-electron chi connectivity index (χ1n) is 9.25. The van der Waals surface area contributed by atoms with Gasteiger partial charge in [-0.05, 0) is 37.0 Å². The van der Waals surface area contributed by atoms with Gasteiger partial charge in [0.25, 0.3) is 5.56 Å². The Bertz CT molecular complexity index is 1060. The molecule has 0 radical (unpaired) electrons. The summed E-state index contributed by atoms with van der Waals surface area (Å²) in [5.41, 5.74) is 0.873. The molecule has 146 valence electrons. The highest BCUT2D eigenvalue weighted by Crippen LogP contribution is 2.33. The Balaban J connectivity index is 1.95. The minimum absolute atomic E-state index is 0.119. The Hall–Kier alpha value is -2.84. The first-order chi connectivity index (χ1) is 13.6. The maximum Gasteiger partial charge on any atom is 0.252 e. The van der Waals surface area contributed by atoms with Crippen molar-refractivity contribution in [3.63, 3.8) is 0 Å². The molecule has 8 heteroatoms. The smallest absolute Gasteiger partial charge is 0.252 e. The van der Waals surface area contributed by atoms with Crippen LogP contribution in [0.4, 0.5) is 10.3 Å². The summed E-state index contributed by atoms with van der Waals surface area (Å²) in [6.07, 6.45) is 2.13. The van der Waals surface area contributed by atoms with Crippen molar-refractivity contribution in [3.8, 4) is 11.3 Å². The van der Waals surface area contributed by atoms with Gasteiger partial charge in [0.15, 0.2) is 0 Å². The highest BCUT2D eigenvalue weighted by Gasteiger charge is 2.24. The molecule has 0 spiro atoms. The Labute approximate surface area is 160 Å². The van der Waals surface area contributed by atoms with Crippen molar-refractivity contribution in [2.45, 2.75) is 25.4 Å². The molecule has 3 N–H and O–H groups in total. The maximum absolute atomic E-state index is 14.5. The molecule has 0 aliphatic heterocycles. The fourth-order valence-corrected chi connectivity index (χ4v) is 3.16. The molecule has 7 nitrogen and oxygen atoms in total. The number of anilines is 1. The standard InChI is InChI=1S/C20H21FN4O3/c21-16-4-2-1-3-14(16)18-15-7-8-17(28)25(9-12-5-6-12)19(15)24-20(23-18)22-13(10-26)11-27/h1-4,7-8,12-13,26-27H,5-6,9-11H2,(H,22,23,24). The number of hydrogen-bond acceptors (Lipinski definition) is 6. The van der Waals surface area contributed by atoms with Gasteiger partial charge in [0.2, 0.25) is 5.95 Å². The number of hydrogen-bond donors (Lipinski definition) is 3. The number of benzene rings is 1. The van der Waals surface area contributed by atoms with Crippen molar-refractivity contribution in [1.82, 2.24) is 14.5 Å². The quantitative estimate of drug-likeness (QED) is 0.574. The van der Waals surface area contributed by atoms with E-state index in [1.165, 1.54) is 12.1 Å². The highest BCUT2D eigenvalue weighted by atomic mass is 19.1. The van der Waals surface area contributed by atoms with E-state index in [-0.39, 0.29) is 24.7 Å². The fraction of sp³-hybridized carbons (Fsp3) is 0.350. The van der Waals surface area contributed by atoms with Crippen LogP contribution in [-0.4, -0.2) is 44.0 Å². The minimum atomic E-state index is -0.668. The molecule has 0 amide bonds. The number of rotatable bonds is 7. The number of nitrogens with zero attached hydrogens (tertiary/aromatic N) is 3. The summed E-state index contributed by atoms with van der Waals surface area (Å²) in [5, 5.41) is 22.2. The van der Waals surface area contributed by atoms with Crippen LogP contribution in [0.5, 0.6) is 0 Å². The zero-order valence-electron chi connectivity index (χ0n) is 15.2. The molecule has 0 unspecified atom stereocenters. The van der Waals surface area contributed by atoms with Gasteiger partial charge in [0.1, 0.15) is 11.5 Å². The van der Waals surface area contributed by atoms with Crippen LogP contribution in [0.25, 0.3) is 22.3 Å². The number of aromatic nitrogens is 3. The van der Waals surface area contributed by atoms with Crippen LogP contribution >= 0.6 is 0 Å². The van der Waals surface area contributed by atoms with E-state index in [9.17, 15) is 19.4 Å². The van der Waals surface area contributed by atoms with Gasteiger partial charge in [-0.2, -0.15) is 4.98 Å². The van der Waals surface area contributed by atoms with Gasteiger partial charge >= 0.3 is 0 Å². The average molecular weight is 384 g/mol. The second kappa shape index (κ2) is 7.65. The predicted molar refractivity (Wildman–Crippen MR) is 103 cm³/mol. The Morgan fingerprint density at radius 2 is 1.89 bits per heavy atom. The van der Waals surface area contributed by atoms with Gasteiger partial charge in [-0.25, -0.2) is 9.37 Å². The SMILES string of the molecule is O=c1ccc2c(-c3ccccc3F)nc(NC(CO)CO)nc2n1CC1CC1. The predicted octanol–water partition coefficient (Wildman–Crippen LogP) is 1.77. The molecule has 4 rings (SSSR count). The number of nitrogens with one attached hydrogen (secondary N) is 1. The van der Waals surface area contributed by atoms with Gasteiger partial charge in [-0.15, -0.1) is 0 Å². The largest absolute Gasteiger partial charge is 0.394 e. The minimum Gasteiger partial charge on any atom is -0.394 e. The van der Waals surface area contributed by atoms with Crippen LogP contribution in [0.1, 0.15) is 12.8 Å². The summed E-state index contributed by atoms with van der Waals surface area (Å²) in [4.78, 5) is 21.4. The number of aliphatic hydroxyl groups is 2. The fourth-order valence-electron chi connectivity index (χ4n) is 3.16. The molecule has 0 bridgehead atoms. The molecular weight excluding hydrogens is 363 g/mol. The van der Waals surface area contributed by atoms with Crippen molar-refractivity contribution in [2.24, 2.45) is 5.92 Å². The van der Waals surface area contributed by atoms with Crippen LogP contribution in [0.3, 0.4) is 0 Å². The number of fused-ring (bicyclic) bond motifs is 1. The summed E-state index contributed by atoms with van der Waals surface area (Å²) in [6.45, 7) is -0.0973. The molecule has 2 aromatic heterocycles. The molecule has 28 heavy (non-hydrogen) atoms. The Morgan fingerprint density at radius 3 is 2.57 bits per heavy atom. The average Bonchev–Trinajstić information content (AvgIpc) is 3.52. The summed E-state index contributed by atoms with van der Waals surface area (Å²) in [6, 6.07) is 8.67. The molecule has 3 aromatic rings. The second-order valence-electron chi connectivity index (χ2n) is 7.04. The van der Waals surface area contributed by atoms with E-state index in [1.807, 2.05) is 0 Å². The third kappa shape index (κ3) is 3.61. The number of pyridine rings is 1. The van der Waals surface area contributed by atoms with Crippen molar-refractivity contribution < 1.29 is 14.6 Å². The highest BCUT2D eigenvalue weighted by molar-refractivity contribution is 5.91. The topological polar surface area (TPSA) is 100 Å². The molecule has 1 aliphatic carbocycles. The summed E-state index contributed by atoms with van der Waals surface area (Å²) in [5.74, 6) is 0.123. The molecule has 1 aromatic carbocycles. The third-order valence-electron chi connectivity index (χ3n) is 4.88. The van der Waals surface area contributed by atoms with Crippen LogP contribution in [0.15, 0.2) is 41.2 Å². The Kier molecular flexibility index (Phi) is 5.06. The molecular formula is C20H21FN4O3. The summed E-state index contributed by atoms with van der Waals surface area (Å²) >= 11 is 0. The van der Waals surface area contributed by atoms with Crippen molar-refractivity contribution in [2.75, 3.05) is 18.5 Å². The van der Waals surface area contributed by atoms with Crippen LogP contribution in [-0.2, 0) is 6.54 Å². The molecule has 1 aliphatic rings. The van der Waals surface area contributed by atoms with Gasteiger partial charge in [-0.1, -0.05) is 12.1 Å². The zero-order chi connectivity index (χ0) is 19.7. The first kappa shape index (κ1) is 18.5. The van der Waals surface area contributed by atoms with Crippen LogP contribution in [0, 0.1) is 11.7 Å². The van der Waals surface area contributed by atoms with E-state index in [4.69, 9.17) is 0 Å². The summed E-state index contributed by atoms with van der Waals surface area (Å²) < 4.78 is 16.1. The summed E-state index contributed by atoms with van der Waals surface area (Å²) in [7, 11) is 0. The van der Waals surface area contributed by atoms with E-state index < -0.39 is 11.9 Å². The molecule has 1 saturated carbocycles. The lowest BCUT2D eigenvalue weighted by atomic mass is 10.1. The van der Waals surface area contributed by atoms with Crippen molar-refractivity contribution in [1.29, 1.82) is 0 Å². The third-order valence-corrected chi connectivity index (χ3v) is 4.88. The van der Waals surface area contributed by atoms with E-state index in [1.54, 1.807) is 28.8 Å². The lowest BCUT2D eigenvalue weighted by Gasteiger charge is -2.17. The van der Waals surface area contributed by atoms with Crippen molar-refractivity contribution >= 4 is 17.0 Å². The lowest BCUT2D eigenvalue weighted by molar-refractivity contribution is 0.203. The van der Waals surface area contributed by atoms with Gasteiger partial charge in [-0.3, -0.25) is 9.36 Å². The number of halogens is 1. The molecule has 0 atom stereocenters. The zero-order valence-corrected chi connectivity index (χ0v) is 15.2. The Morgan fingerprint density at radius 1 is 1.14 bits per heavy atom.